The molecule has 0 spiro atoms. The van der Waals surface area contributed by atoms with Crippen molar-refractivity contribution in [3.8, 4) is 5.75 Å². The first kappa shape index (κ1) is 21.3. The summed E-state index contributed by atoms with van der Waals surface area (Å²) in [7, 11) is 0. The maximum absolute atomic E-state index is 12.8. The number of aromatic nitrogens is 2. The normalized spacial score (nSPS) is 16.2. The molecule has 33 heavy (non-hydrogen) atoms. The Bertz CT molecular complexity index is 1250. The summed E-state index contributed by atoms with van der Waals surface area (Å²) >= 11 is 0. The third-order valence-corrected chi connectivity index (χ3v) is 6.37. The molecule has 1 aliphatic rings. The van der Waals surface area contributed by atoms with Crippen molar-refractivity contribution in [3.63, 3.8) is 0 Å². The van der Waals surface area contributed by atoms with Gasteiger partial charge in [-0.15, -0.1) is 0 Å². The number of carbonyl (C=O) groups is 1. The minimum atomic E-state index is 0.0513. The van der Waals surface area contributed by atoms with Crippen LogP contribution in [0.1, 0.15) is 43.5 Å². The van der Waals surface area contributed by atoms with Crippen LogP contribution in [0.2, 0.25) is 0 Å². The van der Waals surface area contributed by atoms with E-state index in [4.69, 9.17) is 9.72 Å². The lowest BCUT2D eigenvalue weighted by Gasteiger charge is -2.17. The Morgan fingerprint density at radius 1 is 0.970 bits per heavy atom. The first-order chi connectivity index (χ1) is 16.1. The fraction of sp³-hybridized carbons (Fsp3) is 0.286. The number of anilines is 1. The zero-order valence-corrected chi connectivity index (χ0v) is 19.1. The Morgan fingerprint density at radius 3 is 2.45 bits per heavy atom. The molecule has 5 rings (SSSR count). The number of para-hydroxylation sites is 3. The molecule has 3 aromatic carbocycles. The van der Waals surface area contributed by atoms with Gasteiger partial charge in [-0.3, -0.25) is 4.79 Å². The van der Waals surface area contributed by atoms with Gasteiger partial charge in [-0.25, -0.2) is 4.98 Å². The maximum Gasteiger partial charge on any atom is 0.227 e. The summed E-state index contributed by atoms with van der Waals surface area (Å²) in [5.41, 5.74) is 4.29. The van der Waals surface area contributed by atoms with Gasteiger partial charge in [0.1, 0.15) is 18.2 Å². The summed E-state index contributed by atoms with van der Waals surface area (Å²) < 4.78 is 8.29. The summed E-state index contributed by atoms with van der Waals surface area (Å²) in [6.45, 7) is 6.24. The van der Waals surface area contributed by atoms with Crippen LogP contribution in [0.5, 0.6) is 5.75 Å². The van der Waals surface area contributed by atoms with E-state index in [-0.39, 0.29) is 11.8 Å². The van der Waals surface area contributed by atoms with E-state index in [0.717, 1.165) is 28.3 Å². The van der Waals surface area contributed by atoms with Gasteiger partial charge in [0.2, 0.25) is 5.91 Å². The Kier molecular flexibility index (Phi) is 5.86. The number of rotatable bonds is 7. The van der Waals surface area contributed by atoms with Gasteiger partial charge in [0.25, 0.3) is 0 Å². The number of hydrogen-bond donors (Lipinski definition) is 0. The molecule has 1 fully saturated rings. The molecule has 0 N–H and O–H groups in total. The van der Waals surface area contributed by atoms with Crippen molar-refractivity contribution in [3.05, 3.63) is 90.3 Å². The van der Waals surface area contributed by atoms with Gasteiger partial charge in [-0.05, 0) is 47.9 Å². The molecule has 1 saturated heterocycles. The minimum absolute atomic E-state index is 0.0513. The molecule has 5 nitrogen and oxygen atoms in total. The van der Waals surface area contributed by atoms with Crippen molar-refractivity contribution >= 4 is 22.6 Å². The lowest BCUT2D eigenvalue weighted by molar-refractivity contribution is -0.117. The molecular weight excluding hydrogens is 410 g/mol. The molecular formula is C28H29N3O2. The van der Waals surface area contributed by atoms with E-state index in [2.05, 4.69) is 36.6 Å². The highest BCUT2D eigenvalue weighted by molar-refractivity contribution is 5.96. The predicted molar refractivity (Wildman–Crippen MR) is 132 cm³/mol. The Hall–Kier alpha value is -3.60. The number of benzene rings is 3. The Morgan fingerprint density at radius 2 is 1.70 bits per heavy atom. The van der Waals surface area contributed by atoms with Crippen molar-refractivity contribution in [1.29, 1.82) is 0 Å². The molecule has 0 aliphatic carbocycles. The monoisotopic (exact) mass is 439 g/mol. The zero-order chi connectivity index (χ0) is 22.8. The van der Waals surface area contributed by atoms with Crippen LogP contribution in [0, 0.1) is 0 Å². The summed E-state index contributed by atoms with van der Waals surface area (Å²) in [6.07, 6.45) is 0.468. The van der Waals surface area contributed by atoms with Gasteiger partial charge in [0.05, 0.1) is 17.6 Å². The van der Waals surface area contributed by atoms with Gasteiger partial charge in [-0.1, -0.05) is 56.3 Å². The van der Waals surface area contributed by atoms with Gasteiger partial charge in [-0.2, -0.15) is 0 Å². The highest BCUT2D eigenvalue weighted by atomic mass is 16.5. The lowest BCUT2D eigenvalue weighted by atomic mass is 10.0. The number of fused-ring (bicyclic) bond motifs is 1. The minimum Gasteiger partial charge on any atom is -0.492 e. The summed E-state index contributed by atoms with van der Waals surface area (Å²) in [4.78, 5) is 19.6. The van der Waals surface area contributed by atoms with Crippen LogP contribution in [-0.2, 0) is 11.3 Å². The maximum atomic E-state index is 12.8. The van der Waals surface area contributed by atoms with Crippen LogP contribution in [0.25, 0.3) is 11.0 Å². The van der Waals surface area contributed by atoms with E-state index >= 15 is 0 Å². The van der Waals surface area contributed by atoms with Crippen molar-refractivity contribution in [2.45, 2.75) is 38.6 Å². The molecule has 1 atom stereocenters. The molecule has 2 heterocycles. The molecule has 1 aliphatic heterocycles. The second-order valence-corrected chi connectivity index (χ2v) is 8.92. The van der Waals surface area contributed by atoms with Crippen LogP contribution in [0.15, 0.2) is 78.9 Å². The first-order valence-electron chi connectivity index (χ1n) is 11.6. The number of nitrogens with zero attached hydrogens (tertiary/aromatic N) is 3. The quantitative estimate of drug-likeness (QED) is 0.368. The average molecular weight is 440 g/mol. The molecule has 168 valence electrons. The first-order valence-corrected chi connectivity index (χ1v) is 11.6. The highest BCUT2D eigenvalue weighted by Crippen LogP contribution is 2.33. The Balaban J connectivity index is 1.36. The summed E-state index contributed by atoms with van der Waals surface area (Å²) in [5.74, 6) is 2.53. The van der Waals surface area contributed by atoms with E-state index in [1.54, 1.807) is 0 Å². The molecule has 0 saturated carbocycles. The standard InChI is InChI=1S/C28H29N3O2/c1-20(2)21-12-14-24(15-13-21)33-17-16-30-26-11-7-6-10-25(26)29-28(30)22-18-27(32)31(19-22)23-8-4-3-5-9-23/h3-15,20,22H,16-19H2,1-2H3. The number of carbonyl (C=O) groups excluding carboxylic acids is 1. The fourth-order valence-electron chi connectivity index (χ4n) is 4.58. The number of imidazole rings is 1. The third-order valence-electron chi connectivity index (χ3n) is 6.37. The highest BCUT2D eigenvalue weighted by Gasteiger charge is 2.34. The van der Waals surface area contributed by atoms with Crippen LogP contribution < -0.4 is 9.64 Å². The van der Waals surface area contributed by atoms with Crippen molar-refractivity contribution in [2.75, 3.05) is 18.1 Å². The summed E-state index contributed by atoms with van der Waals surface area (Å²) in [6, 6.07) is 26.4. The van der Waals surface area contributed by atoms with Gasteiger partial charge < -0.3 is 14.2 Å². The van der Waals surface area contributed by atoms with Crippen molar-refractivity contribution in [1.82, 2.24) is 9.55 Å². The van der Waals surface area contributed by atoms with Gasteiger partial charge in [0.15, 0.2) is 0 Å². The molecule has 0 radical (unpaired) electrons. The molecule has 5 heteroatoms. The number of amides is 1. The van der Waals surface area contributed by atoms with Crippen LogP contribution in [-0.4, -0.2) is 28.6 Å². The lowest BCUT2D eigenvalue weighted by Crippen LogP contribution is -2.24. The third kappa shape index (κ3) is 4.36. The van der Waals surface area contributed by atoms with E-state index in [0.29, 0.717) is 32.0 Å². The topological polar surface area (TPSA) is 47.4 Å². The van der Waals surface area contributed by atoms with Crippen molar-refractivity contribution in [2.24, 2.45) is 0 Å². The van der Waals surface area contributed by atoms with Gasteiger partial charge >= 0.3 is 0 Å². The SMILES string of the molecule is CC(C)c1ccc(OCCn2c(C3CC(=O)N(c4ccccc4)C3)nc3ccccc32)cc1. The van der Waals surface area contributed by atoms with Gasteiger partial charge in [0, 0.05) is 24.6 Å². The van der Waals surface area contributed by atoms with E-state index in [9.17, 15) is 4.79 Å². The molecule has 1 amide bonds. The zero-order valence-electron chi connectivity index (χ0n) is 19.1. The van der Waals surface area contributed by atoms with E-state index in [1.807, 2.05) is 65.6 Å². The second kappa shape index (κ2) is 9.10. The van der Waals surface area contributed by atoms with Crippen molar-refractivity contribution < 1.29 is 9.53 Å². The van der Waals surface area contributed by atoms with E-state index in [1.165, 1.54) is 5.56 Å². The predicted octanol–water partition coefficient (Wildman–Crippen LogP) is 5.76. The van der Waals surface area contributed by atoms with Crippen LogP contribution in [0.3, 0.4) is 0 Å². The van der Waals surface area contributed by atoms with E-state index < -0.39 is 0 Å². The fourth-order valence-corrected chi connectivity index (χ4v) is 4.58. The number of hydrogen-bond acceptors (Lipinski definition) is 3. The molecule has 1 aromatic heterocycles. The number of ether oxygens (including phenoxy) is 1. The Labute approximate surface area is 194 Å². The molecule has 1 unspecified atom stereocenters. The molecule has 4 aromatic rings. The van der Waals surface area contributed by atoms with Crippen LogP contribution in [0.4, 0.5) is 5.69 Å². The largest absolute Gasteiger partial charge is 0.492 e. The molecule has 0 bridgehead atoms. The average Bonchev–Trinajstić information content (AvgIpc) is 3.40. The summed E-state index contributed by atoms with van der Waals surface area (Å²) in [5, 5.41) is 0. The second-order valence-electron chi connectivity index (χ2n) is 8.92. The smallest absolute Gasteiger partial charge is 0.227 e. The van der Waals surface area contributed by atoms with Crippen LogP contribution >= 0.6 is 0 Å².